The fourth-order valence-corrected chi connectivity index (χ4v) is 8.19. The van der Waals surface area contributed by atoms with Crippen molar-refractivity contribution in [2.45, 2.75) is 61.5 Å². The van der Waals surface area contributed by atoms with Crippen LogP contribution in [0.15, 0.2) is 106 Å². The van der Waals surface area contributed by atoms with Gasteiger partial charge in [0.05, 0.1) is 34.2 Å². The fraction of sp³-hybridized carbons (Fsp3) is 0.310. The summed E-state index contributed by atoms with van der Waals surface area (Å²) >= 11 is 0. The van der Waals surface area contributed by atoms with E-state index in [0.29, 0.717) is 57.6 Å². The molecule has 1 amide bonds. The van der Waals surface area contributed by atoms with E-state index in [1.54, 1.807) is 41.5 Å². The number of nitrogens with one attached hydrogen (secondary N) is 4. The van der Waals surface area contributed by atoms with Crippen molar-refractivity contribution in [2.75, 3.05) is 36.9 Å². The number of aromatic amines is 1. The van der Waals surface area contributed by atoms with Crippen LogP contribution < -0.4 is 26.2 Å². The van der Waals surface area contributed by atoms with Gasteiger partial charge in [-0.1, -0.05) is 18.7 Å². The summed E-state index contributed by atoms with van der Waals surface area (Å²) in [4.78, 5) is 29.8. The monoisotopic (exact) mass is 833 g/mol. The van der Waals surface area contributed by atoms with Gasteiger partial charge in [-0.05, 0) is 94.0 Å². The molecule has 1 unspecified atom stereocenters. The molecule has 16 nitrogen and oxygen atoms in total. The lowest BCUT2D eigenvalue weighted by molar-refractivity contribution is -0.116. The van der Waals surface area contributed by atoms with Gasteiger partial charge in [0, 0.05) is 66.4 Å². The van der Waals surface area contributed by atoms with Crippen LogP contribution in [-0.2, 0) is 29.2 Å². The van der Waals surface area contributed by atoms with E-state index in [1.165, 1.54) is 17.1 Å². The first-order valence-electron chi connectivity index (χ1n) is 19.6. The molecule has 1 aliphatic heterocycles. The van der Waals surface area contributed by atoms with Gasteiger partial charge in [0.15, 0.2) is 22.7 Å². The van der Waals surface area contributed by atoms with E-state index >= 15 is 4.39 Å². The van der Waals surface area contributed by atoms with E-state index in [2.05, 4.69) is 64.5 Å². The number of amides is 1. The number of aromatic nitrogens is 7. The zero-order valence-electron chi connectivity index (χ0n) is 33.8. The Hall–Kier alpha value is -6.53. The Morgan fingerprint density at radius 2 is 1.97 bits per heavy atom. The number of fused-ring (bicyclic) bond motifs is 1. The summed E-state index contributed by atoms with van der Waals surface area (Å²) in [5, 5.41) is 24.9. The summed E-state index contributed by atoms with van der Waals surface area (Å²) in [6.45, 7) is 13.9. The van der Waals surface area contributed by atoms with Gasteiger partial charge < -0.3 is 20.7 Å². The summed E-state index contributed by atoms with van der Waals surface area (Å²) in [7, 11) is 0.227. The molecule has 6 aromatic rings. The molecule has 0 aliphatic carbocycles. The number of halogens is 1. The van der Waals surface area contributed by atoms with Crippen LogP contribution in [0.3, 0.4) is 0 Å². The van der Waals surface area contributed by atoms with Gasteiger partial charge in [0.25, 0.3) is 0 Å². The number of carbonyl (C=O) groups is 1. The molecule has 0 spiro atoms. The number of carbonyl (C=O) groups excluding carboxylic acids is 1. The third-order valence-corrected chi connectivity index (χ3v) is 11.4. The smallest absolute Gasteiger partial charge is 0.227 e. The van der Waals surface area contributed by atoms with E-state index in [4.69, 9.17) is 9.72 Å². The van der Waals surface area contributed by atoms with E-state index in [9.17, 15) is 9.00 Å². The van der Waals surface area contributed by atoms with Gasteiger partial charge >= 0.3 is 0 Å². The Balaban J connectivity index is 0.962. The molecule has 1 aliphatic rings. The third-order valence-electron chi connectivity index (χ3n) is 9.99. The van der Waals surface area contributed by atoms with E-state index < -0.39 is 16.6 Å². The summed E-state index contributed by atoms with van der Waals surface area (Å²) in [5.74, 6) is 0.481. The van der Waals surface area contributed by atoms with Crippen molar-refractivity contribution in [1.29, 1.82) is 0 Å². The predicted octanol–water partition coefficient (Wildman–Crippen LogP) is 5.52. The molecule has 5 heterocycles. The molecular formula is C42H48FN13O3S. The first kappa shape index (κ1) is 41.6. The second kappa shape index (κ2) is 19.0. The maximum atomic E-state index is 15.5. The Bertz CT molecular complexity index is 2580. The molecule has 0 radical (unpaired) electrons. The van der Waals surface area contributed by atoms with E-state index in [-0.39, 0.29) is 30.3 Å². The average Bonchev–Trinajstić information content (AvgIpc) is 3.89. The number of benzene rings is 2. The van der Waals surface area contributed by atoms with Gasteiger partial charge in [0.1, 0.15) is 24.5 Å². The van der Waals surface area contributed by atoms with E-state index in [1.807, 2.05) is 51.2 Å². The molecule has 1 fully saturated rings. The van der Waals surface area contributed by atoms with Crippen LogP contribution in [0.2, 0.25) is 0 Å². The third kappa shape index (κ3) is 9.66. The van der Waals surface area contributed by atoms with Crippen molar-refractivity contribution in [2.24, 2.45) is 17.1 Å². The number of hydrogen-bond donors (Lipinski definition) is 4. The van der Waals surface area contributed by atoms with Crippen LogP contribution in [-0.4, -0.2) is 88.8 Å². The number of rotatable bonds is 17. The van der Waals surface area contributed by atoms with Crippen molar-refractivity contribution in [3.05, 3.63) is 109 Å². The maximum Gasteiger partial charge on any atom is 0.227 e. The summed E-state index contributed by atoms with van der Waals surface area (Å²) in [6.07, 6.45) is 8.33. The number of anilines is 2. The quantitative estimate of drug-likeness (QED) is 0.0674. The molecule has 1 saturated heterocycles. The Morgan fingerprint density at radius 3 is 2.70 bits per heavy atom. The average molecular weight is 834 g/mol. The van der Waals surface area contributed by atoms with Crippen LogP contribution in [0.25, 0.3) is 22.3 Å². The molecule has 0 bridgehead atoms. The number of nitrogens with zero attached hydrogens (tertiary/aromatic N) is 9. The first-order valence-corrected chi connectivity index (χ1v) is 20.8. The highest BCUT2D eigenvalue weighted by atomic mass is 32.2. The number of pyridine rings is 1. The summed E-state index contributed by atoms with van der Waals surface area (Å²) in [5.41, 5.74) is 4.53. The van der Waals surface area contributed by atoms with Crippen LogP contribution in [0, 0.1) is 5.82 Å². The van der Waals surface area contributed by atoms with Crippen molar-refractivity contribution in [1.82, 2.24) is 44.8 Å². The molecule has 60 heavy (non-hydrogen) atoms. The second-order valence-corrected chi connectivity index (χ2v) is 16.0. The van der Waals surface area contributed by atoms with Crippen LogP contribution >= 0.6 is 0 Å². The van der Waals surface area contributed by atoms with Gasteiger partial charge in [0.2, 0.25) is 5.91 Å². The first-order chi connectivity index (χ1) is 29.1. The Morgan fingerprint density at radius 1 is 1.15 bits per heavy atom. The minimum absolute atomic E-state index is 0.0229. The number of piperidine rings is 1. The van der Waals surface area contributed by atoms with Gasteiger partial charge in [-0.15, -0.1) is 0 Å². The lowest BCUT2D eigenvalue weighted by atomic mass is 9.92. The van der Waals surface area contributed by atoms with Crippen molar-refractivity contribution >= 4 is 46.0 Å². The van der Waals surface area contributed by atoms with Gasteiger partial charge in [-0.3, -0.25) is 14.8 Å². The highest BCUT2D eigenvalue weighted by Gasteiger charge is 2.24. The number of ether oxygens (including phenoxy) is 1. The summed E-state index contributed by atoms with van der Waals surface area (Å²) in [6, 6.07) is 16.2. The van der Waals surface area contributed by atoms with Crippen LogP contribution in [0.1, 0.15) is 50.3 Å². The number of aryl methyl sites for hydroxylation is 1. The van der Waals surface area contributed by atoms with Crippen molar-refractivity contribution in [3.63, 3.8) is 0 Å². The number of hydrogen-bond acceptors (Lipinski definition) is 12. The number of likely N-dealkylation sites (tertiary alicyclic amines) is 1. The Labute approximate surface area is 349 Å². The fourth-order valence-electron chi connectivity index (χ4n) is 7.06. The van der Waals surface area contributed by atoms with Gasteiger partial charge in [-0.2, -0.15) is 15.3 Å². The second-order valence-electron chi connectivity index (χ2n) is 14.5. The molecular weight excluding hydrogens is 786 g/mol. The number of H-pyrrole nitrogens is 1. The zero-order chi connectivity index (χ0) is 42.2. The zero-order valence-corrected chi connectivity index (χ0v) is 34.6. The molecule has 0 saturated carbocycles. The predicted molar refractivity (Wildman–Crippen MR) is 229 cm³/mol. The standard InChI is InChI=1S/C42H48FN13O3S/c1-6-45-17-14-37(57)52-40-33-11-13-35(51-41(33)54(5)53-40)29-15-18-55(19-16-29)24-28-8-7-9-31(20-28)60(58)32-10-12-36(34(43)21-32)46-25-47-42-39(59-27(2)3)38(30-22-49-50-23-30)48-26-56(42)44-4/h6-13,20-23,26-27,29,45-46H,1,4,14-19,24-25H2,2-3,5H3,(H,49,50)(H,52,53,57)/b47-42-. The van der Waals surface area contributed by atoms with Gasteiger partial charge in [-0.25, -0.2) is 32.9 Å². The largest absolute Gasteiger partial charge is 0.485 e. The highest BCUT2D eigenvalue weighted by molar-refractivity contribution is 7.85. The van der Waals surface area contributed by atoms with Crippen molar-refractivity contribution in [3.8, 4) is 17.0 Å². The van der Waals surface area contributed by atoms with Crippen LogP contribution in [0.4, 0.5) is 15.9 Å². The molecule has 18 heteroatoms. The Kier molecular flexibility index (Phi) is 13.2. The lowest BCUT2D eigenvalue weighted by Gasteiger charge is -2.31. The molecule has 1 atom stereocenters. The highest BCUT2D eigenvalue weighted by Crippen LogP contribution is 2.31. The minimum atomic E-state index is -1.61. The normalized spacial score (nSPS) is 14.3. The molecule has 312 valence electrons. The SMILES string of the molecule is C=CNCCC(=O)Nc1nn(C)c2nc(C3CCN(Cc4cccc(S(=O)c5ccc(NC/N=c6/c(OC(C)C)c(-c7cn[nH]c7)ncn6N=C)c(F)c5)c4)CC3)ccc12. The topological polar surface area (TPSA) is 185 Å². The van der Waals surface area contributed by atoms with E-state index in [0.717, 1.165) is 48.2 Å². The van der Waals surface area contributed by atoms with Crippen molar-refractivity contribution < 1.29 is 18.1 Å². The maximum absolute atomic E-state index is 15.5. The summed E-state index contributed by atoms with van der Waals surface area (Å²) < 4.78 is 38.4. The van der Waals surface area contributed by atoms with Crippen LogP contribution in [0.5, 0.6) is 5.75 Å². The molecule has 2 aromatic carbocycles. The molecule has 4 N–H and O–H groups in total. The minimum Gasteiger partial charge on any atom is -0.485 e. The lowest BCUT2D eigenvalue weighted by Crippen LogP contribution is -2.32. The molecule has 4 aromatic heterocycles. The molecule has 7 rings (SSSR count).